The summed E-state index contributed by atoms with van der Waals surface area (Å²) in [6.45, 7) is 8.18. The van der Waals surface area contributed by atoms with Crippen LogP contribution in [0, 0.1) is 11.8 Å². The molecule has 3 fully saturated rings. The molecule has 5 atom stereocenters. The Morgan fingerprint density at radius 1 is 0.946 bits per heavy atom. The van der Waals surface area contributed by atoms with Crippen molar-refractivity contribution < 1.29 is 24.2 Å². The van der Waals surface area contributed by atoms with Gasteiger partial charge in [-0.1, -0.05) is 24.3 Å². The second kappa shape index (κ2) is 10.7. The molecule has 3 saturated heterocycles. The minimum Gasteiger partial charge on any atom is -0.396 e. The number of nitrogens with zero attached hydrogens (tertiary/aromatic N) is 4. The molecule has 10 heteroatoms. The van der Waals surface area contributed by atoms with E-state index in [1.165, 1.54) is 0 Å². The zero-order valence-corrected chi connectivity index (χ0v) is 22.8. The van der Waals surface area contributed by atoms with Gasteiger partial charge in [-0.25, -0.2) is 0 Å². The third-order valence-electron chi connectivity index (χ3n) is 8.69. The van der Waals surface area contributed by atoms with Crippen molar-refractivity contribution in [3.05, 3.63) is 24.3 Å². The SMILES string of the molecule is CN1CC=C[C@@]2(C)S[C@]34C=CCN(CCN5CCOCC5)C(=O)C3N(CCCCCO)C(=O)[C@@H]4[C@H]2C1=O. The number of thioether (sulfide) groups is 1. The van der Waals surface area contributed by atoms with E-state index < -0.39 is 27.4 Å². The van der Waals surface area contributed by atoms with Crippen LogP contribution in [-0.2, 0) is 19.1 Å². The fourth-order valence-electron chi connectivity index (χ4n) is 6.79. The molecule has 0 aromatic heterocycles. The highest BCUT2D eigenvalue weighted by atomic mass is 32.2. The highest BCUT2D eigenvalue weighted by molar-refractivity contribution is 8.02. The van der Waals surface area contributed by atoms with Crippen molar-refractivity contribution in [1.82, 2.24) is 19.6 Å². The molecule has 0 bridgehead atoms. The highest BCUT2D eigenvalue weighted by Crippen LogP contribution is 2.65. The Morgan fingerprint density at radius 2 is 1.70 bits per heavy atom. The van der Waals surface area contributed by atoms with Gasteiger partial charge >= 0.3 is 0 Å². The van der Waals surface area contributed by atoms with E-state index in [1.807, 2.05) is 17.1 Å². The molecular formula is C27H40N4O5S. The zero-order valence-electron chi connectivity index (χ0n) is 22.0. The monoisotopic (exact) mass is 532 g/mol. The fraction of sp³-hybridized carbons (Fsp3) is 0.741. The number of unbranched alkanes of at least 4 members (excludes halogenated alkanes) is 2. The van der Waals surface area contributed by atoms with E-state index in [9.17, 15) is 19.5 Å². The number of morpholine rings is 1. The van der Waals surface area contributed by atoms with Gasteiger partial charge in [-0.3, -0.25) is 19.3 Å². The maximum absolute atomic E-state index is 14.3. The van der Waals surface area contributed by atoms with Crippen molar-refractivity contribution in [3.63, 3.8) is 0 Å². The summed E-state index contributed by atoms with van der Waals surface area (Å²) in [5, 5.41) is 9.23. The molecule has 0 radical (unpaired) electrons. The molecule has 5 heterocycles. The van der Waals surface area contributed by atoms with Crippen molar-refractivity contribution in [1.29, 1.82) is 0 Å². The number of hydrogen-bond donors (Lipinski definition) is 1. The summed E-state index contributed by atoms with van der Waals surface area (Å²) < 4.78 is 4.13. The lowest BCUT2D eigenvalue weighted by atomic mass is 9.74. The molecule has 1 unspecified atom stereocenters. The first-order valence-electron chi connectivity index (χ1n) is 13.6. The van der Waals surface area contributed by atoms with Crippen LogP contribution in [0.1, 0.15) is 26.2 Å². The summed E-state index contributed by atoms with van der Waals surface area (Å²) in [6, 6.07) is -0.636. The second-order valence-corrected chi connectivity index (χ2v) is 12.9. The fourth-order valence-corrected chi connectivity index (χ4v) is 8.95. The van der Waals surface area contributed by atoms with Crippen LogP contribution in [0.5, 0.6) is 0 Å². The van der Waals surface area contributed by atoms with Crippen LogP contribution in [0.15, 0.2) is 24.3 Å². The number of carbonyl (C=O) groups excluding carboxylic acids is 3. The van der Waals surface area contributed by atoms with Crippen LogP contribution in [0.25, 0.3) is 0 Å². The lowest BCUT2D eigenvalue weighted by Gasteiger charge is -2.37. The minimum absolute atomic E-state index is 0.0198. The van der Waals surface area contributed by atoms with Crippen molar-refractivity contribution in [2.75, 3.05) is 72.7 Å². The standard InChI is InChI=1S/C27H40N4O5S/c1-26-8-6-10-28(2)23(33)20(26)21-24(34)31(12-4-3-5-17-32)22-25(35)30(11-7-9-27(21,22)37-26)14-13-29-15-18-36-19-16-29/h6-9,20-22,32H,3-5,10-19H2,1-2H3/t20-,21-,22?,26+,27-/m0/s1. The van der Waals surface area contributed by atoms with E-state index in [-0.39, 0.29) is 24.3 Å². The van der Waals surface area contributed by atoms with Gasteiger partial charge in [0, 0.05) is 64.2 Å². The van der Waals surface area contributed by atoms with Gasteiger partial charge in [-0.15, -0.1) is 11.8 Å². The number of rotatable bonds is 8. The first-order chi connectivity index (χ1) is 17.8. The topological polar surface area (TPSA) is 93.6 Å². The molecule has 1 N–H and O–H groups in total. The van der Waals surface area contributed by atoms with Crippen LogP contribution < -0.4 is 0 Å². The number of carbonyl (C=O) groups is 3. The molecule has 0 aromatic rings. The van der Waals surface area contributed by atoms with Crippen LogP contribution in [0.3, 0.4) is 0 Å². The van der Waals surface area contributed by atoms with E-state index in [0.717, 1.165) is 32.5 Å². The van der Waals surface area contributed by atoms with Gasteiger partial charge < -0.3 is 24.5 Å². The van der Waals surface area contributed by atoms with Gasteiger partial charge in [-0.05, 0) is 26.2 Å². The zero-order chi connectivity index (χ0) is 26.2. The molecule has 0 aromatic carbocycles. The molecule has 9 nitrogen and oxygen atoms in total. The lowest BCUT2D eigenvalue weighted by Crippen LogP contribution is -2.54. The summed E-state index contributed by atoms with van der Waals surface area (Å²) in [6.07, 6.45) is 10.4. The Labute approximate surface area is 223 Å². The Bertz CT molecular complexity index is 968. The van der Waals surface area contributed by atoms with Crippen molar-refractivity contribution in [2.24, 2.45) is 11.8 Å². The van der Waals surface area contributed by atoms with Crippen LogP contribution in [0.2, 0.25) is 0 Å². The molecule has 1 spiro atoms. The Morgan fingerprint density at radius 3 is 2.46 bits per heavy atom. The van der Waals surface area contributed by atoms with E-state index in [4.69, 9.17) is 4.74 Å². The van der Waals surface area contributed by atoms with E-state index in [0.29, 0.717) is 45.8 Å². The molecule has 0 saturated carbocycles. The van der Waals surface area contributed by atoms with Crippen LogP contribution in [0.4, 0.5) is 0 Å². The molecule has 37 heavy (non-hydrogen) atoms. The number of hydrogen-bond acceptors (Lipinski definition) is 7. The molecule has 3 amide bonds. The third-order valence-corrected chi connectivity index (χ3v) is 10.5. The second-order valence-electron chi connectivity index (χ2n) is 11.1. The molecular weight excluding hydrogens is 492 g/mol. The van der Waals surface area contributed by atoms with Crippen molar-refractivity contribution >= 4 is 29.5 Å². The minimum atomic E-state index is -0.781. The average Bonchev–Trinajstić information content (AvgIpc) is 3.16. The molecule has 5 rings (SSSR count). The first kappa shape index (κ1) is 26.7. The Balaban J connectivity index is 1.47. The quantitative estimate of drug-likeness (QED) is 0.361. The largest absolute Gasteiger partial charge is 0.396 e. The Hall–Kier alpha value is -1.88. The maximum Gasteiger partial charge on any atom is 0.247 e. The average molecular weight is 533 g/mol. The number of fused-ring (bicyclic) bond motifs is 2. The first-order valence-corrected chi connectivity index (χ1v) is 14.4. The Kier molecular flexibility index (Phi) is 7.73. The number of likely N-dealkylation sites (N-methyl/N-ethyl adjacent to an activating group) is 1. The normalized spacial score (nSPS) is 36.0. The van der Waals surface area contributed by atoms with Crippen molar-refractivity contribution in [2.45, 2.75) is 41.7 Å². The summed E-state index contributed by atoms with van der Waals surface area (Å²) >= 11 is 1.64. The number of aliphatic hydroxyl groups is 1. The van der Waals surface area contributed by atoms with Crippen LogP contribution in [-0.4, -0.2) is 131 Å². The molecule has 5 aliphatic rings. The lowest BCUT2D eigenvalue weighted by molar-refractivity contribution is -0.144. The van der Waals surface area contributed by atoms with E-state index in [2.05, 4.69) is 24.0 Å². The van der Waals surface area contributed by atoms with E-state index in [1.54, 1.807) is 28.6 Å². The predicted molar refractivity (Wildman–Crippen MR) is 142 cm³/mol. The molecule has 204 valence electrons. The highest BCUT2D eigenvalue weighted by Gasteiger charge is 2.73. The molecule has 0 aliphatic carbocycles. The molecule has 5 aliphatic heterocycles. The van der Waals surface area contributed by atoms with Gasteiger partial charge in [0.2, 0.25) is 17.7 Å². The van der Waals surface area contributed by atoms with Crippen molar-refractivity contribution in [3.8, 4) is 0 Å². The summed E-state index contributed by atoms with van der Waals surface area (Å²) in [4.78, 5) is 49.8. The van der Waals surface area contributed by atoms with Gasteiger partial charge in [0.1, 0.15) is 6.04 Å². The van der Waals surface area contributed by atoms with E-state index >= 15 is 0 Å². The summed E-state index contributed by atoms with van der Waals surface area (Å²) in [7, 11) is 1.79. The summed E-state index contributed by atoms with van der Waals surface area (Å²) in [5.74, 6) is -1.22. The van der Waals surface area contributed by atoms with Crippen LogP contribution >= 0.6 is 11.8 Å². The number of ether oxygens (including phenoxy) is 1. The number of likely N-dealkylation sites (tertiary alicyclic amines) is 1. The van der Waals surface area contributed by atoms with Gasteiger partial charge in [0.05, 0.1) is 29.8 Å². The summed E-state index contributed by atoms with van der Waals surface area (Å²) in [5.41, 5.74) is 0. The van der Waals surface area contributed by atoms with Gasteiger partial charge in [0.15, 0.2) is 0 Å². The number of amides is 3. The maximum atomic E-state index is 14.3. The van der Waals surface area contributed by atoms with Gasteiger partial charge in [-0.2, -0.15) is 0 Å². The smallest absolute Gasteiger partial charge is 0.247 e. The van der Waals surface area contributed by atoms with Gasteiger partial charge in [0.25, 0.3) is 0 Å². The third kappa shape index (κ3) is 4.64. The number of aliphatic hydroxyl groups excluding tert-OH is 1. The predicted octanol–water partition coefficient (Wildman–Crippen LogP) is 0.595.